The first-order valence-electron chi connectivity index (χ1n) is 9.15. The molecule has 0 heterocycles. The molecule has 1 unspecified atom stereocenters. The molecule has 7 nitrogen and oxygen atoms in total. The number of benzene rings is 2. The van der Waals surface area contributed by atoms with Crippen molar-refractivity contribution in [2.75, 3.05) is 21.3 Å². The van der Waals surface area contributed by atoms with Crippen LogP contribution in [0.15, 0.2) is 29.3 Å². The number of carbonyl (C=O) groups is 2. The summed E-state index contributed by atoms with van der Waals surface area (Å²) in [4.78, 5) is 26.9. The van der Waals surface area contributed by atoms with Gasteiger partial charge in [0, 0.05) is 24.6 Å². The second-order valence-corrected chi connectivity index (χ2v) is 6.73. The molecule has 152 valence electrons. The number of aromatic carboxylic acids is 1. The number of amides is 1. The van der Waals surface area contributed by atoms with Gasteiger partial charge in [0.2, 0.25) is 11.7 Å². The highest BCUT2D eigenvalue weighted by molar-refractivity contribution is 5.93. The van der Waals surface area contributed by atoms with Crippen molar-refractivity contribution >= 4 is 18.1 Å². The van der Waals surface area contributed by atoms with Gasteiger partial charge in [-0.2, -0.15) is 0 Å². The molecule has 1 amide bonds. The molecule has 7 heteroatoms. The van der Waals surface area contributed by atoms with Gasteiger partial charge in [0.25, 0.3) is 0 Å². The average molecular weight is 397 g/mol. The number of hydrogen-bond donors (Lipinski definition) is 1. The van der Waals surface area contributed by atoms with Gasteiger partial charge in [-0.05, 0) is 47.7 Å². The van der Waals surface area contributed by atoms with Gasteiger partial charge in [0.1, 0.15) is 0 Å². The zero-order chi connectivity index (χ0) is 21.1. The fraction of sp³-hybridized carbons (Fsp3) is 0.318. The lowest BCUT2D eigenvalue weighted by Gasteiger charge is -2.20. The molecule has 1 atom stereocenters. The maximum atomic E-state index is 11.5. The molecular weight excluding hydrogens is 374 g/mol. The number of aryl methyl sites for hydroxylation is 1. The minimum Gasteiger partial charge on any atom is -0.493 e. The molecule has 1 aliphatic rings. The summed E-state index contributed by atoms with van der Waals surface area (Å²) >= 11 is 0. The summed E-state index contributed by atoms with van der Waals surface area (Å²) in [5, 5.41) is 9.46. The van der Waals surface area contributed by atoms with Crippen molar-refractivity contribution in [3.05, 3.63) is 41.0 Å². The molecular formula is C22H23NO6. The molecule has 29 heavy (non-hydrogen) atoms. The molecule has 0 saturated carbocycles. The molecule has 0 fully saturated rings. The van der Waals surface area contributed by atoms with E-state index in [0.717, 1.165) is 22.3 Å². The van der Waals surface area contributed by atoms with Crippen LogP contribution in [0.5, 0.6) is 17.2 Å². The monoisotopic (exact) mass is 397 g/mol. The molecule has 1 aliphatic carbocycles. The van der Waals surface area contributed by atoms with Gasteiger partial charge in [-0.15, -0.1) is 0 Å². The Morgan fingerprint density at radius 2 is 1.83 bits per heavy atom. The fourth-order valence-corrected chi connectivity index (χ4v) is 3.75. The SMILES string of the molecule is COc1cc2c(c(OC)c1OC)-c1ccc(C(=O)O)cc1C(C=NC(C)=O)CC2. The van der Waals surface area contributed by atoms with Crippen molar-refractivity contribution in [1.82, 2.24) is 0 Å². The normalized spacial score (nSPS) is 15.2. The number of hydrogen-bond acceptors (Lipinski definition) is 5. The van der Waals surface area contributed by atoms with E-state index in [2.05, 4.69) is 4.99 Å². The molecule has 0 bridgehead atoms. The van der Waals surface area contributed by atoms with Crippen molar-refractivity contribution in [3.63, 3.8) is 0 Å². The molecule has 2 aromatic carbocycles. The standard InChI is InChI=1S/C22H23NO6/c1-12(24)23-11-15-6-5-13-10-18(27-2)20(28-3)21(29-4)19(13)16-8-7-14(22(25)26)9-17(15)16/h7-11,15H,5-6H2,1-4H3,(H,25,26). The van der Waals surface area contributed by atoms with Crippen LogP contribution in [-0.2, 0) is 11.2 Å². The first-order chi connectivity index (χ1) is 13.9. The van der Waals surface area contributed by atoms with Gasteiger partial charge in [0.05, 0.1) is 26.9 Å². The first kappa shape index (κ1) is 20.4. The summed E-state index contributed by atoms with van der Waals surface area (Å²) < 4.78 is 16.7. The van der Waals surface area contributed by atoms with Gasteiger partial charge >= 0.3 is 5.97 Å². The predicted molar refractivity (Wildman–Crippen MR) is 109 cm³/mol. The average Bonchev–Trinajstić information content (AvgIpc) is 2.86. The predicted octanol–water partition coefficient (Wildman–Crippen LogP) is 3.72. The van der Waals surface area contributed by atoms with Crippen LogP contribution in [0.2, 0.25) is 0 Å². The summed E-state index contributed by atoms with van der Waals surface area (Å²) in [6, 6.07) is 6.88. The number of carbonyl (C=O) groups excluding carboxylic acids is 1. The highest BCUT2D eigenvalue weighted by Gasteiger charge is 2.29. The van der Waals surface area contributed by atoms with Gasteiger partial charge < -0.3 is 19.3 Å². The second-order valence-electron chi connectivity index (χ2n) is 6.73. The van der Waals surface area contributed by atoms with Crippen molar-refractivity contribution in [2.24, 2.45) is 4.99 Å². The third-order valence-electron chi connectivity index (χ3n) is 5.04. The number of nitrogens with zero attached hydrogens (tertiary/aromatic N) is 1. The van der Waals surface area contributed by atoms with E-state index in [9.17, 15) is 14.7 Å². The Morgan fingerprint density at radius 3 is 2.41 bits per heavy atom. The van der Waals surface area contributed by atoms with Crippen molar-refractivity contribution < 1.29 is 28.9 Å². The quantitative estimate of drug-likeness (QED) is 0.773. The lowest BCUT2D eigenvalue weighted by Crippen LogP contribution is -2.06. The Morgan fingerprint density at radius 1 is 1.10 bits per heavy atom. The minimum absolute atomic E-state index is 0.174. The fourth-order valence-electron chi connectivity index (χ4n) is 3.75. The van der Waals surface area contributed by atoms with Crippen LogP contribution in [0.1, 0.15) is 40.7 Å². The topological polar surface area (TPSA) is 94.4 Å². The Hall–Kier alpha value is -3.35. The van der Waals surface area contributed by atoms with E-state index in [1.807, 2.05) is 6.07 Å². The number of fused-ring (bicyclic) bond motifs is 3. The molecule has 0 saturated heterocycles. The van der Waals surface area contributed by atoms with E-state index in [4.69, 9.17) is 14.2 Å². The van der Waals surface area contributed by atoms with Gasteiger partial charge in [-0.3, -0.25) is 4.79 Å². The number of rotatable bonds is 5. The zero-order valence-corrected chi connectivity index (χ0v) is 16.8. The highest BCUT2D eigenvalue weighted by atomic mass is 16.5. The molecule has 2 aromatic rings. The van der Waals surface area contributed by atoms with Crippen LogP contribution in [0.25, 0.3) is 11.1 Å². The summed E-state index contributed by atoms with van der Waals surface area (Å²) in [6.07, 6.45) is 2.91. The minimum atomic E-state index is -1.01. The first-order valence-corrected chi connectivity index (χ1v) is 9.15. The van der Waals surface area contributed by atoms with Crippen molar-refractivity contribution in [1.29, 1.82) is 0 Å². The maximum absolute atomic E-state index is 11.5. The van der Waals surface area contributed by atoms with E-state index >= 15 is 0 Å². The molecule has 0 aromatic heterocycles. The van der Waals surface area contributed by atoms with Crippen LogP contribution in [-0.4, -0.2) is 44.5 Å². The third-order valence-corrected chi connectivity index (χ3v) is 5.04. The largest absolute Gasteiger partial charge is 0.493 e. The lowest BCUT2D eigenvalue weighted by molar-refractivity contribution is -0.115. The van der Waals surface area contributed by atoms with Gasteiger partial charge in [-0.1, -0.05) is 6.07 Å². The van der Waals surface area contributed by atoms with Gasteiger partial charge in [0.15, 0.2) is 11.5 Å². The summed E-state index contributed by atoms with van der Waals surface area (Å²) in [5.41, 5.74) is 3.59. The van der Waals surface area contributed by atoms with E-state index < -0.39 is 5.97 Å². The Kier molecular flexibility index (Phi) is 5.87. The number of carboxylic acids is 1. The van der Waals surface area contributed by atoms with E-state index in [-0.39, 0.29) is 17.4 Å². The Labute approximate surface area is 168 Å². The maximum Gasteiger partial charge on any atom is 0.335 e. The molecule has 3 rings (SSSR count). The molecule has 0 radical (unpaired) electrons. The molecule has 0 spiro atoms. The van der Waals surface area contributed by atoms with Crippen LogP contribution in [0.4, 0.5) is 0 Å². The molecule has 1 N–H and O–H groups in total. The summed E-state index contributed by atoms with van der Waals surface area (Å²) in [6.45, 7) is 1.38. The van der Waals surface area contributed by atoms with Gasteiger partial charge in [-0.25, -0.2) is 9.79 Å². The number of methoxy groups -OCH3 is 3. The van der Waals surface area contributed by atoms with E-state index in [1.165, 1.54) is 6.92 Å². The summed E-state index contributed by atoms with van der Waals surface area (Å²) in [5.74, 6) is 0.0144. The van der Waals surface area contributed by atoms with E-state index in [0.29, 0.717) is 30.1 Å². The number of ether oxygens (including phenoxy) is 3. The third kappa shape index (κ3) is 3.81. The Balaban J connectivity index is 2.33. The summed E-state index contributed by atoms with van der Waals surface area (Å²) in [7, 11) is 4.67. The number of carboxylic acid groups (broad SMARTS) is 1. The number of aliphatic imine (C=N–C) groups is 1. The smallest absolute Gasteiger partial charge is 0.335 e. The highest BCUT2D eigenvalue weighted by Crippen LogP contribution is 2.50. The van der Waals surface area contributed by atoms with Crippen LogP contribution in [0.3, 0.4) is 0 Å². The Bertz CT molecular complexity index is 995. The molecule has 0 aliphatic heterocycles. The van der Waals surface area contributed by atoms with E-state index in [1.54, 1.807) is 45.7 Å². The lowest BCUT2D eigenvalue weighted by atomic mass is 9.89. The zero-order valence-electron chi connectivity index (χ0n) is 16.8. The van der Waals surface area contributed by atoms with Crippen molar-refractivity contribution in [2.45, 2.75) is 25.7 Å². The van der Waals surface area contributed by atoms with Crippen LogP contribution < -0.4 is 14.2 Å². The van der Waals surface area contributed by atoms with Crippen LogP contribution >= 0.6 is 0 Å². The second kappa shape index (κ2) is 8.34. The van der Waals surface area contributed by atoms with Crippen molar-refractivity contribution in [3.8, 4) is 28.4 Å². The van der Waals surface area contributed by atoms with Crippen LogP contribution in [0, 0.1) is 0 Å².